The highest BCUT2D eigenvalue weighted by Crippen LogP contribution is 2.39. The Morgan fingerprint density at radius 1 is 0.862 bits per heavy atom. The van der Waals surface area contributed by atoms with E-state index in [9.17, 15) is 8.42 Å². The molecule has 0 bridgehead atoms. The molecule has 3 rings (SSSR count). The molecule has 1 fully saturated rings. The van der Waals surface area contributed by atoms with E-state index in [4.69, 9.17) is 9.31 Å². The average Bonchev–Trinajstić information content (AvgIpc) is 2.81. The van der Waals surface area contributed by atoms with E-state index in [1.54, 1.807) is 24.3 Å². The summed E-state index contributed by atoms with van der Waals surface area (Å²) in [5.74, 6) is 0. The van der Waals surface area contributed by atoms with Crippen molar-refractivity contribution in [1.82, 2.24) is 4.72 Å². The van der Waals surface area contributed by atoms with Crippen LogP contribution >= 0.6 is 0 Å². The van der Waals surface area contributed by atoms with E-state index in [-0.39, 0.29) is 4.90 Å². The highest BCUT2D eigenvalue weighted by Gasteiger charge is 2.51. The van der Waals surface area contributed by atoms with Crippen LogP contribution in [0.15, 0.2) is 53.4 Å². The normalized spacial score (nSPS) is 19.3. The van der Waals surface area contributed by atoms with Gasteiger partial charge in [-0.05, 0) is 59.2 Å². The van der Waals surface area contributed by atoms with Gasteiger partial charge in [-0.1, -0.05) is 47.5 Å². The van der Waals surface area contributed by atoms with Gasteiger partial charge in [0.25, 0.3) is 0 Å². The van der Waals surface area contributed by atoms with Gasteiger partial charge in [-0.25, -0.2) is 13.1 Å². The van der Waals surface area contributed by atoms with Crippen molar-refractivity contribution < 1.29 is 17.7 Å². The SMILES string of the molecule is Cc1ccc(C(CB2OC(C)(C)C(C)(C)O2)NS(=O)(=O)c2ccc(C)cc2)cc1. The van der Waals surface area contributed by atoms with E-state index >= 15 is 0 Å². The van der Waals surface area contributed by atoms with Crippen molar-refractivity contribution in [2.24, 2.45) is 0 Å². The summed E-state index contributed by atoms with van der Waals surface area (Å²) in [6, 6.07) is 14.2. The third-order valence-electron chi connectivity index (χ3n) is 5.84. The molecule has 1 N–H and O–H groups in total. The van der Waals surface area contributed by atoms with Crippen molar-refractivity contribution in [2.75, 3.05) is 0 Å². The zero-order valence-electron chi connectivity index (χ0n) is 18.0. The van der Waals surface area contributed by atoms with Gasteiger partial charge < -0.3 is 9.31 Å². The van der Waals surface area contributed by atoms with Crippen LogP contribution in [0.1, 0.15) is 50.4 Å². The Morgan fingerprint density at radius 2 is 1.31 bits per heavy atom. The summed E-state index contributed by atoms with van der Waals surface area (Å²) < 4.78 is 41.2. The molecule has 1 aliphatic heterocycles. The Kier molecular flexibility index (Phi) is 5.98. The summed E-state index contributed by atoms with van der Waals surface area (Å²) in [5, 5.41) is 0. The lowest BCUT2D eigenvalue weighted by Crippen LogP contribution is -2.41. The number of hydrogen-bond acceptors (Lipinski definition) is 4. The molecule has 29 heavy (non-hydrogen) atoms. The Bertz CT molecular complexity index is 937. The van der Waals surface area contributed by atoms with E-state index in [1.807, 2.05) is 65.8 Å². The fraction of sp³-hybridized carbons (Fsp3) is 0.455. The maximum Gasteiger partial charge on any atom is 0.459 e. The summed E-state index contributed by atoms with van der Waals surface area (Å²) in [7, 11) is -4.20. The first kappa shape index (κ1) is 22.0. The highest BCUT2D eigenvalue weighted by atomic mass is 32.2. The van der Waals surface area contributed by atoms with Crippen LogP contribution in [0.2, 0.25) is 6.32 Å². The smallest absolute Gasteiger partial charge is 0.403 e. The Hall–Kier alpha value is -1.67. The lowest BCUT2D eigenvalue weighted by atomic mass is 9.78. The molecule has 2 aromatic carbocycles. The summed E-state index contributed by atoms with van der Waals surface area (Å²) >= 11 is 0. The van der Waals surface area contributed by atoms with Crippen LogP contribution < -0.4 is 4.72 Å². The van der Waals surface area contributed by atoms with Crippen LogP contribution in [-0.2, 0) is 19.3 Å². The van der Waals surface area contributed by atoms with Gasteiger partial charge in [0.2, 0.25) is 10.0 Å². The van der Waals surface area contributed by atoms with E-state index in [1.165, 1.54) is 0 Å². The van der Waals surface area contributed by atoms with Gasteiger partial charge in [0.05, 0.1) is 16.1 Å². The second kappa shape index (κ2) is 7.87. The minimum atomic E-state index is -3.69. The molecule has 156 valence electrons. The molecule has 0 radical (unpaired) electrons. The van der Waals surface area contributed by atoms with Gasteiger partial charge in [-0.15, -0.1) is 0 Å². The fourth-order valence-corrected chi connectivity index (χ4v) is 4.51. The molecule has 2 aromatic rings. The first-order valence-corrected chi connectivity index (χ1v) is 11.4. The predicted octanol–water partition coefficient (Wildman–Crippen LogP) is 4.42. The molecule has 0 aromatic heterocycles. The lowest BCUT2D eigenvalue weighted by Gasteiger charge is -2.32. The Labute approximate surface area is 175 Å². The predicted molar refractivity (Wildman–Crippen MR) is 116 cm³/mol. The van der Waals surface area contributed by atoms with E-state index < -0.39 is 34.4 Å². The summed E-state index contributed by atoms with van der Waals surface area (Å²) in [4.78, 5) is 0.245. The fourth-order valence-electron chi connectivity index (χ4n) is 3.28. The van der Waals surface area contributed by atoms with Crippen LogP contribution in [-0.4, -0.2) is 26.7 Å². The number of nitrogens with one attached hydrogen (secondary N) is 1. The topological polar surface area (TPSA) is 64.6 Å². The molecule has 1 saturated heterocycles. The van der Waals surface area contributed by atoms with Crippen molar-refractivity contribution in [3.05, 3.63) is 65.2 Å². The van der Waals surface area contributed by atoms with Crippen LogP contribution in [0.5, 0.6) is 0 Å². The lowest BCUT2D eigenvalue weighted by molar-refractivity contribution is 0.00578. The number of benzene rings is 2. The molecule has 0 spiro atoms. The summed E-state index contributed by atoms with van der Waals surface area (Å²) in [5.41, 5.74) is 2.07. The quantitative estimate of drug-likeness (QED) is 0.710. The van der Waals surface area contributed by atoms with Crippen molar-refractivity contribution in [3.63, 3.8) is 0 Å². The minimum Gasteiger partial charge on any atom is -0.403 e. The van der Waals surface area contributed by atoms with Gasteiger partial charge in [-0.3, -0.25) is 0 Å². The number of sulfonamides is 1. The van der Waals surface area contributed by atoms with Crippen LogP contribution in [0.3, 0.4) is 0 Å². The molecule has 1 unspecified atom stereocenters. The van der Waals surface area contributed by atoms with Crippen LogP contribution in [0.4, 0.5) is 0 Å². The van der Waals surface area contributed by atoms with Crippen molar-refractivity contribution in [3.8, 4) is 0 Å². The van der Waals surface area contributed by atoms with Gasteiger partial charge in [0.15, 0.2) is 0 Å². The maximum atomic E-state index is 13.0. The first-order valence-electron chi connectivity index (χ1n) is 9.91. The monoisotopic (exact) mass is 415 g/mol. The molecule has 0 amide bonds. The van der Waals surface area contributed by atoms with Gasteiger partial charge in [-0.2, -0.15) is 0 Å². The molecule has 1 atom stereocenters. The Balaban J connectivity index is 1.88. The number of aryl methyl sites for hydroxylation is 2. The Morgan fingerprint density at radius 3 is 1.79 bits per heavy atom. The van der Waals surface area contributed by atoms with Crippen molar-refractivity contribution in [1.29, 1.82) is 0 Å². The van der Waals surface area contributed by atoms with Gasteiger partial charge in [0.1, 0.15) is 0 Å². The largest absolute Gasteiger partial charge is 0.459 e. The van der Waals surface area contributed by atoms with E-state index in [2.05, 4.69) is 4.72 Å². The maximum absolute atomic E-state index is 13.0. The standard InChI is InChI=1S/C22H30BNO4S/c1-16-7-11-18(12-8-16)20(15-23-27-21(3,4)22(5,6)28-23)24-29(25,26)19-13-9-17(2)10-14-19/h7-14,20,24H,15H2,1-6H3. The van der Waals surface area contributed by atoms with Crippen molar-refractivity contribution >= 4 is 17.1 Å². The zero-order valence-corrected chi connectivity index (χ0v) is 18.8. The number of hydrogen-bond donors (Lipinski definition) is 1. The third kappa shape index (κ3) is 4.91. The van der Waals surface area contributed by atoms with Crippen LogP contribution in [0.25, 0.3) is 0 Å². The van der Waals surface area contributed by atoms with E-state index in [0.717, 1.165) is 16.7 Å². The molecule has 7 heteroatoms. The molecular weight excluding hydrogens is 385 g/mol. The summed E-state index contributed by atoms with van der Waals surface area (Å²) in [6.07, 6.45) is 0.376. The first-order chi connectivity index (χ1) is 13.4. The molecule has 1 aliphatic rings. The summed E-state index contributed by atoms with van der Waals surface area (Å²) in [6.45, 7) is 11.9. The van der Waals surface area contributed by atoms with Crippen molar-refractivity contribution in [2.45, 2.75) is 70.0 Å². The minimum absolute atomic E-state index is 0.245. The third-order valence-corrected chi connectivity index (χ3v) is 7.33. The molecule has 0 aliphatic carbocycles. The average molecular weight is 415 g/mol. The zero-order chi connectivity index (χ0) is 21.4. The second-order valence-electron chi connectivity index (χ2n) is 8.82. The van der Waals surface area contributed by atoms with Gasteiger partial charge in [0, 0.05) is 12.4 Å². The molecular formula is C22H30BNO4S. The van der Waals surface area contributed by atoms with Crippen LogP contribution in [0, 0.1) is 13.8 Å². The molecule has 1 heterocycles. The molecule has 0 saturated carbocycles. The second-order valence-corrected chi connectivity index (χ2v) is 10.5. The number of rotatable bonds is 6. The molecule has 5 nitrogen and oxygen atoms in total. The highest BCUT2D eigenvalue weighted by molar-refractivity contribution is 7.89. The van der Waals surface area contributed by atoms with Gasteiger partial charge >= 0.3 is 7.12 Å². The van der Waals surface area contributed by atoms with E-state index in [0.29, 0.717) is 6.32 Å².